The van der Waals surface area contributed by atoms with E-state index in [2.05, 4.69) is 55.5 Å². The molecule has 1 amide bonds. The molecule has 0 bridgehead atoms. The van der Waals surface area contributed by atoms with Gasteiger partial charge in [0, 0.05) is 42.3 Å². The number of aromatic amines is 2. The zero-order valence-electron chi connectivity index (χ0n) is 23.1. The molecule has 1 saturated heterocycles. The summed E-state index contributed by atoms with van der Waals surface area (Å²) in [5.74, 6) is -0.0278. The van der Waals surface area contributed by atoms with Gasteiger partial charge in [0.05, 0.1) is 34.3 Å². The quantitative estimate of drug-likeness (QED) is 0.235. The molecule has 200 valence electrons. The number of amides is 1. The highest BCUT2D eigenvalue weighted by molar-refractivity contribution is 6.00. The molecule has 1 fully saturated rings. The van der Waals surface area contributed by atoms with Crippen molar-refractivity contribution in [2.24, 2.45) is 5.41 Å². The predicted molar refractivity (Wildman–Crippen MR) is 158 cm³/mol. The van der Waals surface area contributed by atoms with Crippen molar-refractivity contribution in [3.05, 3.63) is 54.4 Å². The van der Waals surface area contributed by atoms with Gasteiger partial charge in [-0.2, -0.15) is 5.10 Å². The summed E-state index contributed by atoms with van der Waals surface area (Å²) in [6, 6.07) is 12.5. The Labute approximate surface area is 228 Å². The summed E-state index contributed by atoms with van der Waals surface area (Å²) in [4.78, 5) is 28.0. The van der Waals surface area contributed by atoms with Gasteiger partial charge in [-0.1, -0.05) is 26.8 Å². The summed E-state index contributed by atoms with van der Waals surface area (Å²) < 4.78 is 0. The molecule has 0 radical (unpaired) electrons. The van der Waals surface area contributed by atoms with Gasteiger partial charge in [-0.05, 0) is 67.5 Å². The van der Waals surface area contributed by atoms with E-state index < -0.39 is 0 Å². The van der Waals surface area contributed by atoms with Crippen molar-refractivity contribution in [1.29, 1.82) is 0 Å². The lowest BCUT2D eigenvalue weighted by Crippen LogP contribution is -2.29. The number of anilines is 2. The van der Waals surface area contributed by atoms with Crippen molar-refractivity contribution in [3.8, 4) is 22.6 Å². The fourth-order valence-corrected chi connectivity index (χ4v) is 5.47. The first-order valence-electron chi connectivity index (χ1n) is 13.7. The van der Waals surface area contributed by atoms with E-state index in [1.54, 1.807) is 12.4 Å². The molecule has 4 aromatic heterocycles. The first-order chi connectivity index (χ1) is 18.7. The third kappa shape index (κ3) is 5.11. The molecule has 8 heteroatoms. The van der Waals surface area contributed by atoms with Crippen LogP contribution in [0.4, 0.5) is 11.4 Å². The summed E-state index contributed by atoms with van der Waals surface area (Å²) in [6.07, 6.45) is 7.64. The highest BCUT2D eigenvalue weighted by atomic mass is 16.1. The van der Waals surface area contributed by atoms with Crippen LogP contribution < -0.4 is 10.2 Å². The van der Waals surface area contributed by atoms with E-state index >= 15 is 0 Å². The topological polar surface area (TPSA) is 103 Å². The zero-order valence-corrected chi connectivity index (χ0v) is 23.1. The third-order valence-electron chi connectivity index (χ3n) is 7.35. The molecule has 3 N–H and O–H groups in total. The molecule has 5 heterocycles. The Morgan fingerprint density at radius 1 is 1.05 bits per heavy atom. The maximum atomic E-state index is 12.5. The van der Waals surface area contributed by atoms with Crippen LogP contribution in [0.3, 0.4) is 0 Å². The van der Waals surface area contributed by atoms with Crippen LogP contribution in [-0.2, 0) is 4.79 Å². The number of nitrogens with one attached hydrogen (secondary N) is 3. The number of aryl methyl sites for hydroxylation is 1. The van der Waals surface area contributed by atoms with Crippen LogP contribution in [0, 0.1) is 12.3 Å². The number of carbonyl (C=O) groups excluding carboxylic acids is 1. The minimum Gasteiger partial charge on any atom is -0.371 e. The van der Waals surface area contributed by atoms with Gasteiger partial charge in [0.25, 0.3) is 0 Å². The van der Waals surface area contributed by atoms with Crippen LogP contribution in [0.15, 0.2) is 48.8 Å². The number of hydrogen-bond donors (Lipinski definition) is 3. The monoisotopic (exact) mass is 521 g/mol. The SMILES string of the molecule is Cc1ccc(N2CCCCC2)c2cc(-c3n[nH]c4ccc(-c5cncc(NC(=O)CC(C)(C)C)c5)nc34)[nH]c12. The number of fused-ring (bicyclic) bond motifs is 2. The van der Waals surface area contributed by atoms with Gasteiger partial charge in [-0.15, -0.1) is 0 Å². The van der Waals surface area contributed by atoms with E-state index in [4.69, 9.17) is 4.98 Å². The van der Waals surface area contributed by atoms with Gasteiger partial charge < -0.3 is 15.2 Å². The number of carbonyl (C=O) groups is 1. The molecule has 1 aliphatic heterocycles. The molecule has 0 atom stereocenters. The number of hydrogen-bond acceptors (Lipinski definition) is 5. The predicted octanol–water partition coefficient (Wildman–Crippen LogP) is 6.84. The number of aromatic nitrogens is 5. The second-order valence-electron chi connectivity index (χ2n) is 11.8. The Morgan fingerprint density at radius 2 is 1.87 bits per heavy atom. The van der Waals surface area contributed by atoms with Crippen molar-refractivity contribution in [2.45, 2.75) is 53.4 Å². The zero-order chi connectivity index (χ0) is 27.1. The van der Waals surface area contributed by atoms with E-state index in [-0.39, 0.29) is 11.3 Å². The van der Waals surface area contributed by atoms with E-state index in [1.165, 1.54) is 35.9 Å². The van der Waals surface area contributed by atoms with Crippen molar-refractivity contribution in [1.82, 2.24) is 25.1 Å². The molecule has 0 unspecified atom stereocenters. The number of benzene rings is 1. The number of rotatable bonds is 5. The van der Waals surface area contributed by atoms with Crippen molar-refractivity contribution in [2.75, 3.05) is 23.3 Å². The molecular weight excluding hydrogens is 486 g/mol. The van der Waals surface area contributed by atoms with Gasteiger partial charge in [-0.25, -0.2) is 4.98 Å². The molecule has 8 nitrogen and oxygen atoms in total. The van der Waals surface area contributed by atoms with Crippen LogP contribution in [0.5, 0.6) is 0 Å². The average Bonchev–Trinajstić information content (AvgIpc) is 3.53. The Kier molecular flexibility index (Phi) is 6.33. The highest BCUT2D eigenvalue weighted by Crippen LogP contribution is 2.36. The Balaban J connectivity index is 1.36. The first kappa shape index (κ1) is 25.1. The smallest absolute Gasteiger partial charge is 0.224 e. The van der Waals surface area contributed by atoms with Crippen molar-refractivity contribution < 1.29 is 4.79 Å². The number of nitrogens with zero attached hydrogens (tertiary/aromatic N) is 4. The molecule has 1 aliphatic rings. The standard InChI is InChI=1S/C31H35N7O/c1-19-8-11-26(38-12-6-5-7-13-38)22-15-25(35-28(19)22)30-29-24(36-37-30)10-9-23(34-29)20-14-21(18-32-17-20)33-27(39)16-31(2,3)4/h8-11,14-15,17-18,35H,5-7,12-13,16H2,1-4H3,(H,33,39)(H,36,37). The lowest BCUT2D eigenvalue weighted by Gasteiger charge is -2.29. The second kappa shape index (κ2) is 9.84. The summed E-state index contributed by atoms with van der Waals surface area (Å²) in [7, 11) is 0. The maximum absolute atomic E-state index is 12.5. The fraction of sp³-hybridized carbons (Fsp3) is 0.355. The molecule has 5 aromatic rings. The Morgan fingerprint density at radius 3 is 2.67 bits per heavy atom. The van der Waals surface area contributed by atoms with E-state index in [0.717, 1.165) is 52.3 Å². The molecule has 39 heavy (non-hydrogen) atoms. The van der Waals surface area contributed by atoms with Gasteiger partial charge in [0.1, 0.15) is 11.2 Å². The van der Waals surface area contributed by atoms with E-state index in [0.29, 0.717) is 12.1 Å². The van der Waals surface area contributed by atoms with Gasteiger partial charge >= 0.3 is 0 Å². The summed E-state index contributed by atoms with van der Waals surface area (Å²) in [5, 5.41) is 12.0. The van der Waals surface area contributed by atoms with Crippen LogP contribution in [-0.4, -0.2) is 44.1 Å². The normalized spacial score (nSPS) is 14.3. The van der Waals surface area contributed by atoms with Crippen LogP contribution in [0.1, 0.15) is 52.0 Å². The summed E-state index contributed by atoms with van der Waals surface area (Å²) >= 11 is 0. The lowest BCUT2D eigenvalue weighted by atomic mass is 9.92. The summed E-state index contributed by atoms with van der Waals surface area (Å²) in [5.41, 5.74) is 9.18. The summed E-state index contributed by atoms with van der Waals surface area (Å²) in [6.45, 7) is 10.5. The molecule has 0 aliphatic carbocycles. The first-order valence-corrected chi connectivity index (χ1v) is 13.7. The minimum absolute atomic E-state index is 0.0278. The number of H-pyrrole nitrogens is 2. The van der Waals surface area contributed by atoms with Gasteiger partial charge in [0.15, 0.2) is 0 Å². The second-order valence-corrected chi connectivity index (χ2v) is 11.8. The van der Waals surface area contributed by atoms with E-state index in [1.807, 2.05) is 39.0 Å². The fourth-order valence-electron chi connectivity index (χ4n) is 5.47. The Hall–Kier alpha value is -4.20. The maximum Gasteiger partial charge on any atom is 0.224 e. The Bertz CT molecular complexity index is 1670. The van der Waals surface area contributed by atoms with Crippen LogP contribution >= 0.6 is 0 Å². The van der Waals surface area contributed by atoms with Gasteiger partial charge in [0.2, 0.25) is 5.91 Å². The lowest BCUT2D eigenvalue weighted by molar-refractivity contribution is -0.117. The highest BCUT2D eigenvalue weighted by Gasteiger charge is 2.20. The molecule has 1 aromatic carbocycles. The largest absolute Gasteiger partial charge is 0.371 e. The van der Waals surface area contributed by atoms with Crippen LogP contribution in [0.25, 0.3) is 44.6 Å². The van der Waals surface area contributed by atoms with Crippen molar-refractivity contribution in [3.63, 3.8) is 0 Å². The van der Waals surface area contributed by atoms with E-state index in [9.17, 15) is 4.79 Å². The molecule has 0 saturated carbocycles. The third-order valence-corrected chi connectivity index (χ3v) is 7.35. The van der Waals surface area contributed by atoms with Crippen LogP contribution in [0.2, 0.25) is 0 Å². The number of pyridine rings is 2. The average molecular weight is 522 g/mol. The van der Waals surface area contributed by atoms with Crippen molar-refractivity contribution >= 4 is 39.2 Å². The molecule has 6 rings (SSSR count). The van der Waals surface area contributed by atoms with Gasteiger partial charge in [-0.3, -0.25) is 14.9 Å². The number of piperidine rings is 1. The molecule has 0 spiro atoms. The minimum atomic E-state index is -0.0882. The molecular formula is C31H35N7O.